The van der Waals surface area contributed by atoms with Crippen molar-refractivity contribution in [2.24, 2.45) is 5.92 Å². The van der Waals surface area contributed by atoms with E-state index < -0.39 is 0 Å². The first-order chi connectivity index (χ1) is 8.33. The van der Waals surface area contributed by atoms with Crippen molar-refractivity contribution in [3.05, 3.63) is 29.3 Å². The fourth-order valence-corrected chi connectivity index (χ4v) is 2.84. The van der Waals surface area contributed by atoms with Crippen LogP contribution >= 0.6 is 0 Å². The van der Waals surface area contributed by atoms with E-state index in [-0.39, 0.29) is 5.91 Å². The first-order valence-electron chi connectivity index (χ1n) is 6.44. The Morgan fingerprint density at radius 1 is 1.29 bits per heavy atom. The lowest BCUT2D eigenvalue weighted by Crippen LogP contribution is -2.21. The summed E-state index contributed by atoms with van der Waals surface area (Å²) in [4.78, 5) is 11.5. The molecule has 1 saturated heterocycles. The van der Waals surface area contributed by atoms with Gasteiger partial charge in [-0.2, -0.15) is 0 Å². The van der Waals surface area contributed by atoms with Crippen LogP contribution in [0.25, 0.3) is 0 Å². The van der Waals surface area contributed by atoms with Crippen LogP contribution in [-0.2, 0) is 17.6 Å². The van der Waals surface area contributed by atoms with E-state index in [0.717, 1.165) is 37.5 Å². The Morgan fingerprint density at radius 2 is 2.24 bits per heavy atom. The van der Waals surface area contributed by atoms with Gasteiger partial charge in [-0.25, -0.2) is 0 Å². The molecule has 2 aliphatic rings. The van der Waals surface area contributed by atoms with Gasteiger partial charge in [-0.05, 0) is 49.4 Å². The summed E-state index contributed by atoms with van der Waals surface area (Å²) in [5.74, 6) is 0.884. The zero-order valence-electron chi connectivity index (χ0n) is 9.96. The van der Waals surface area contributed by atoms with Gasteiger partial charge in [0.2, 0.25) is 5.91 Å². The third kappa shape index (κ3) is 2.20. The molecule has 1 atom stereocenters. The summed E-state index contributed by atoms with van der Waals surface area (Å²) in [5.41, 5.74) is 3.70. The van der Waals surface area contributed by atoms with E-state index in [4.69, 9.17) is 0 Å². The summed E-state index contributed by atoms with van der Waals surface area (Å²) < 4.78 is 0. The van der Waals surface area contributed by atoms with Crippen LogP contribution < -0.4 is 10.6 Å². The standard InChI is InChI=1S/C14H18N2O/c17-13-5-4-11-2-1-3-12(14(11)16-13)8-10-6-7-15-9-10/h1-3,10,15H,4-9H2,(H,16,17). The fourth-order valence-electron chi connectivity index (χ4n) is 2.84. The second kappa shape index (κ2) is 4.49. The molecule has 3 nitrogen and oxygen atoms in total. The number of rotatable bonds is 2. The zero-order chi connectivity index (χ0) is 11.7. The van der Waals surface area contributed by atoms with Crippen LogP contribution in [-0.4, -0.2) is 19.0 Å². The predicted octanol–water partition coefficient (Wildman–Crippen LogP) is 1.72. The van der Waals surface area contributed by atoms with Crippen LogP contribution in [0, 0.1) is 5.92 Å². The van der Waals surface area contributed by atoms with Crippen molar-refractivity contribution in [2.75, 3.05) is 18.4 Å². The minimum atomic E-state index is 0.162. The molecule has 0 aliphatic carbocycles. The molecule has 3 rings (SSSR count). The minimum absolute atomic E-state index is 0.162. The molecule has 1 unspecified atom stereocenters. The van der Waals surface area contributed by atoms with Crippen molar-refractivity contribution in [1.29, 1.82) is 0 Å². The molecule has 2 aliphatic heterocycles. The van der Waals surface area contributed by atoms with Crippen molar-refractivity contribution in [3.8, 4) is 0 Å². The summed E-state index contributed by atoms with van der Waals surface area (Å²) in [7, 11) is 0. The number of amides is 1. The number of anilines is 1. The number of hydrogen-bond donors (Lipinski definition) is 2. The van der Waals surface area contributed by atoms with Gasteiger partial charge in [-0.3, -0.25) is 4.79 Å². The summed E-state index contributed by atoms with van der Waals surface area (Å²) in [6.45, 7) is 2.24. The number of nitrogens with one attached hydrogen (secondary N) is 2. The number of fused-ring (bicyclic) bond motifs is 1. The van der Waals surface area contributed by atoms with Crippen molar-refractivity contribution in [3.63, 3.8) is 0 Å². The normalized spacial score (nSPS) is 23.3. The second-order valence-electron chi connectivity index (χ2n) is 5.06. The number of hydrogen-bond acceptors (Lipinski definition) is 2. The van der Waals surface area contributed by atoms with E-state index in [1.165, 1.54) is 17.5 Å². The van der Waals surface area contributed by atoms with E-state index in [9.17, 15) is 4.79 Å². The number of carbonyl (C=O) groups excluding carboxylic acids is 1. The molecule has 1 aromatic rings. The van der Waals surface area contributed by atoms with Gasteiger partial charge in [0.1, 0.15) is 0 Å². The second-order valence-corrected chi connectivity index (χ2v) is 5.06. The maximum absolute atomic E-state index is 11.5. The Kier molecular flexibility index (Phi) is 2.85. The summed E-state index contributed by atoms with van der Waals surface area (Å²) >= 11 is 0. The monoisotopic (exact) mass is 230 g/mol. The highest BCUT2D eigenvalue weighted by Gasteiger charge is 2.21. The quantitative estimate of drug-likeness (QED) is 0.812. The van der Waals surface area contributed by atoms with Crippen molar-refractivity contribution in [1.82, 2.24) is 5.32 Å². The molecule has 0 radical (unpaired) electrons. The lowest BCUT2D eigenvalue weighted by Gasteiger charge is -2.21. The van der Waals surface area contributed by atoms with E-state index in [1.54, 1.807) is 0 Å². The Bertz CT molecular complexity index is 436. The van der Waals surface area contributed by atoms with E-state index >= 15 is 0 Å². The first kappa shape index (κ1) is 10.8. The van der Waals surface area contributed by atoms with Crippen LogP contribution in [0.2, 0.25) is 0 Å². The van der Waals surface area contributed by atoms with E-state index in [2.05, 4.69) is 28.8 Å². The lowest BCUT2D eigenvalue weighted by molar-refractivity contribution is -0.116. The summed E-state index contributed by atoms with van der Waals surface area (Å²) in [5, 5.41) is 6.44. The van der Waals surface area contributed by atoms with Gasteiger partial charge in [0.15, 0.2) is 0 Å². The highest BCUT2D eigenvalue weighted by Crippen LogP contribution is 2.29. The molecule has 2 N–H and O–H groups in total. The van der Waals surface area contributed by atoms with Crippen molar-refractivity contribution in [2.45, 2.75) is 25.7 Å². The molecule has 3 heteroatoms. The van der Waals surface area contributed by atoms with Crippen LogP contribution in [0.4, 0.5) is 5.69 Å². The summed E-state index contributed by atoms with van der Waals surface area (Å²) in [6.07, 6.45) is 3.84. The molecular formula is C14H18N2O. The molecule has 1 fully saturated rings. The molecule has 0 spiro atoms. The molecular weight excluding hydrogens is 212 g/mol. The molecule has 0 saturated carbocycles. The van der Waals surface area contributed by atoms with Gasteiger partial charge in [0.05, 0.1) is 0 Å². The van der Waals surface area contributed by atoms with Crippen LogP contribution in [0.5, 0.6) is 0 Å². The Balaban J connectivity index is 1.85. The Morgan fingerprint density at radius 3 is 3.06 bits per heavy atom. The first-order valence-corrected chi connectivity index (χ1v) is 6.44. The molecule has 2 heterocycles. The number of para-hydroxylation sites is 1. The molecule has 0 aromatic heterocycles. The third-order valence-electron chi connectivity index (χ3n) is 3.79. The number of carbonyl (C=O) groups is 1. The van der Waals surface area contributed by atoms with Gasteiger partial charge < -0.3 is 10.6 Å². The van der Waals surface area contributed by atoms with Gasteiger partial charge in [0, 0.05) is 12.1 Å². The molecule has 1 amide bonds. The van der Waals surface area contributed by atoms with Gasteiger partial charge in [-0.15, -0.1) is 0 Å². The highest BCUT2D eigenvalue weighted by molar-refractivity contribution is 5.94. The molecule has 90 valence electrons. The van der Waals surface area contributed by atoms with Crippen LogP contribution in [0.15, 0.2) is 18.2 Å². The van der Waals surface area contributed by atoms with Gasteiger partial charge in [-0.1, -0.05) is 18.2 Å². The SMILES string of the molecule is O=C1CCc2cccc(CC3CCNC3)c2N1. The highest BCUT2D eigenvalue weighted by atomic mass is 16.1. The number of aryl methyl sites for hydroxylation is 1. The van der Waals surface area contributed by atoms with Gasteiger partial charge in [0.25, 0.3) is 0 Å². The van der Waals surface area contributed by atoms with Crippen LogP contribution in [0.3, 0.4) is 0 Å². The largest absolute Gasteiger partial charge is 0.326 e. The summed E-state index contributed by atoms with van der Waals surface area (Å²) in [6, 6.07) is 6.40. The molecule has 0 bridgehead atoms. The average molecular weight is 230 g/mol. The fraction of sp³-hybridized carbons (Fsp3) is 0.500. The van der Waals surface area contributed by atoms with Crippen molar-refractivity contribution < 1.29 is 4.79 Å². The number of benzene rings is 1. The van der Waals surface area contributed by atoms with Crippen molar-refractivity contribution >= 4 is 11.6 Å². The third-order valence-corrected chi connectivity index (χ3v) is 3.79. The molecule has 17 heavy (non-hydrogen) atoms. The lowest BCUT2D eigenvalue weighted by atomic mass is 9.92. The maximum atomic E-state index is 11.5. The molecule has 1 aromatic carbocycles. The minimum Gasteiger partial charge on any atom is -0.326 e. The Hall–Kier alpha value is -1.35. The smallest absolute Gasteiger partial charge is 0.224 e. The van der Waals surface area contributed by atoms with Crippen LogP contribution in [0.1, 0.15) is 24.0 Å². The van der Waals surface area contributed by atoms with E-state index in [0.29, 0.717) is 6.42 Å². The topological polar surface area (TPSA) is 41.1 Å². The van der Waals surface area contributed by atoms with E-state index in [1.807, 2.05) is 0 Å². The van der Waals surface area contributed by atoms with Gasteiger partial charge >= 0.3 is 0 Å². The average Bonchev–Trinajstić information content (AvgIpc) is 2.83. The predicted molar refractivity (Wildman–Crippen MR) is 68.1 cm³/mol. The maximum Gasteiger partial charge on any atom is 0.224 e. The Labute approximate surface area is 102 Å². The zero-order valence-corrected chi connectivity index (χ0v) is 9.96.